The first-order valence-corrected chi connectivity index (χ1v) is 4.60. The Labute approximate surface area is 87.5 Å². The molecule has 1 aromatic heterocycles. The molecule has 0 spiro atoms. The SMILES string of the molecule is C/C(=N/O)c1cnn(-c2ccccc2)c1. The van der Waals surface area contributed by atoms with Gasteiger partial charge in [-0.15, -0.1) is 0 Å². The zero-order valence-electron chi connectivity index (χ0n) is 8.33. The summed E-state index contributed by atoms with van der Waals surface area (Å²) in [4.78, 5) is 0. The number of oxime groups is 1. The third-order valence-corrected chi connectivity index (χ3v) is 2.17. The molecule has 0 unspecified atom stereocenters. The van der Waals surface area contributed by atoms with E-state index in [0.29, 0.717) is 5.71 Å². The molecule has 76 valence electrons. The normalized spacial score (nSPS) is 11.7. The van der Waals surface area contributed by atoms with Crippen LogP contribution in [-0.2, 0) is 0 Å². The predicted molar refractivity (Wildman–Crippen MR) is 57.6 cm³/mol. The highest BCUT2D eigenvalue weighted by atomic mass is 16.4. The van der Waals surface area contributed by atoms with E-state index < -0.39 is 0 Å². The summed E-state index contributed by atoms with van der Waals surface area (Å²) in [6, 6.07) is 9.77. The summed E-state index contributed by atoms with van der Waals surface area (Å²) in [5.41, 5.74) is 2.34. The highest BCUT2D eigenvalue weighted by molar-refractivity contribution is 5.97. The number of hydrogen-bond donors (Lipinski definition) is 1. The quantitative estimate of drug-likeness (QED) is 0.459. The van der Waals surface area contributed by atoms with Crippen LogP contribution in [0.3, 0.4) is 0 Å². The van der Waals surface area contributed by atoms with Gasteiger partial charge in [-0.05, 0) is 19.1 Å². The Morgan fingerprint density at radius 2 is 2.07 bits per heavy atom. The van der Waals surface area contributed by atoms with Crippen molar-refractivity contribution >= 4 is 5.71 Å². The Balaban J connectivity index is 2.36. The first-order valence-electron chi connectivity index (χ1n) is 4.60. The van der Waals surface area contributed by atoms with Crippen LogP contribution in [-0.4, -0.2) is 20.7 Å². The number of nitrogens with zero attached hydrogens (tertiary/aromatic N) is 3. The lowest BCUT2D eigenvalue weighted by molar-refractivity contribution is 0.319. The molecule has 2 aromatic rings. The van der Waals surface area contributed by atoms with Crippen LogP contribution in [0.5, 0.6) is 0 Å². The summed E-state index contributed by atoms with van der Waals surface area (Å²) in [6.07, 6.45) is 3.49. The topological polar surface area (TPSA) is 50.4 Å². The van der Waals surface area contributed by atoms with E-state index in [1.807, 2.05) is 36.5 Å². The van der Waals surface area contributed by atoms with Crippen LogP contribution in [0.1, 0.15) is 12.5 Å². The van der Waals surface area contributed by atoms with Gasteiger partial charge >= 0.3 is 0 Å². The van der Waals surface area contributed by atoms with Crippen molar-refractivity contribution in [3.8, 4) is 5.69 Å². The smallest absolute Gasteiger partial charge is 0.0868 e. The van der Waals surface area contributed by atoms with Crippen molar-refractivity contribution in [2.75, 3.05) is 0 Å². The van der Waals surface area contributed by atoms with E-state index >= 15 is 0 Å². The van der Waals surface area contributed by atoms with Crippen LogP contribution in [0, 0.1) is 0 Å². The van der Waals surface area contributed by atoms with E-state index in [9.17, 15) is 0 Å². The monoisotopic (exact) mass is 201 g/mol. The summed E-state index contributed by atoms with van der Waals surface area (Å²) in [5, 5.41) is 15.9. The molecule has 0 saturated heterocycles. The third-order valence-electron chi connectivity index (χ3n) is 2.17. The second-order valence-corrected chi connectivity index (χ2v) is 3.19. The minimum atomic E-state index is 0.553. The van der Waals surface area contributed by atoms with Crippen molar-refractivity contribution in [3.63, 3.8) is 0 Å². The van der Waals surface area contributed by atoms with Gasteiger partial charge in [0.1, 0.15) is 0 Å². The molecular formula is C11H11N3O. The number of benzene rings is 1. The van der Waals surface area contributed by atoms with Gasteiger partial charge in [-0.25, -0.2) is 4.68 Å². The van der Waals surface area contributed by atoms with Gasteiger partial charge in [-0.1, -0.05) is 23.4 Å². The van der Waals surface area contributed by atoms with Gasteiger partial charge in [0, 0.05) is 11.8 Å². The minimum absolute atomic E-state index is 0.553. The molecule has 1 aromatic carbocycles. The minimum Gasteiger partial charge on any atom is -0.411 e. The molecule has 15 heavy (non-hydrogen) atoms. The molecule has 0 aliphatic heterocycles. The van der Waals surface area contributed by atoms with Crippen LogP contribution in [0.4, 0.5) is 0 Å². The van der Waals surface area contributed by atoms with E-state index in [-0.39, 0.29) is 0 Å². The van der Waals surface area contributed by atoms with E-state index in [1.165, 1.54) is 0 Å². The summed E-state index contributed by atoms with van der Waals surface area (Å²) in [5.74, 6) is 0. The van der Waals surface area contributed by atoms with Crippen LogP contribution in [0.25, 0.3) is 5.69 Å². The predicted octanol–water partition coefficient (Wildman–Crippen LogP) is 2.07. The van der Waals surface area contributed by atoms with Gasteiger partial charge in [-0.3, -0.25) is 0 Å². The van der Waals surface area contributed by atoms with Crippen molar-refractivity contribution < 1.29 is 5.21 Å². The van der Waals surface area contributed by atoms with Gasteiger partial charge in [0.05, 0.1) is 17.6 Å². The van der Waals surface area contributed by atoms with E-state index in [4.69, 9.17) is 5.21 Å². The maximum absolute atomic E-state index is 8.62. The molecule has 1 heterocycles. The summed E-state index contributed by atoms with van der Waals surface area (Å²) < 4.78 is 1.74. The highest BCUT2D eigenvalue weighted by Crippen LogP contribution is 2.08. The molecule has 4 nitrogen and oxygen atoms in total. The second-order valence-electron chi connectivity index (χ2n) is 3.19. The Bertz CT molecular complexity index is 474. The molecule has 4 heteroatoms. The van der Waals surface area contributed by atoms with Crippen LogP contribution < -0.4 is 0 Å². The molecule has 0 amide bonds. The molecule has 2 rings (SSSR count). The lowest BCUT2D eigenvalue weighted by atomic mass is 10.2. The molecule has 0 aliphatic carbocycles. The fraction of sp³-hybridized carbons (Fsp3) is 0.0909. The average molecular weight is 201 g/mol. The van der Waals surface area contributed by atoms with Gasteiger partial charge in [0.25, 0.3) is 0 Å². The third kappa shape index (κ3) is 1.88. The Kier molecular flexibility index (Phi) is 2.49. The number of rotatable bonds is 2. The van der Waals surface area contributed by atoms with E-state index in [1.54, 1.807) is 17.8 Å². The molecular weight excluding hydrogens is 190 g/mol. The van der Waals surface area contributed by atoms with Gasteiger partial charge in [0.15, 0.2) is 0 Å². The fourth-order valence-corrected chi connectivity index (χ4v) is 1.29. The maximum atomic E-state index is 8.62. The fourth-order valence-electron chi connectivity index (χ4n) is 1.29. The summed E-state index contributed by atoms with van der Waals surface area (Å²) in [6.45, 7) is 1.73. The van der Waals surface area contributed by atoms with Crippen molar-refractivity contribution in [2.24, 2.45) is 5.16 Å². The van der Waals surface area contributed by atoms with Crippen molar-refractivity contribution in [2.45, 2.75) is 6.92 Å². The lowest BCUT2D eigenvalue weighted by Crippen LogP contribution is -1.94. The Morgan fingerprint density at radius 3 is 2.73 bits per heavy atom. The molecule has 0 saturated carbocycles. The highest BCUT2D eigenvalue weighted by Gasteiger charge is 2.02. The number of para-hydroxylation sites is 1. The summed E-state index contributed by atoms with van der Waals surface area (Å²) >= 11 is 0. The lowest BCUT2D eigenvalue weighted by Gasteiger charge is -1.98. The zero-order valence-corrected chi connectivity index (χ0v) is 8.33. The molecule has 0 atom stereocenters. The van der Waals surface area contributed by atoms with Gasteiger partial charge in [-0.2, -0.15) is 5.10 Å². The van der Waals surface area contributed by atoms with Crippen molar-refractivity contribution in [3.05, 3.63) is 48.3 Å². The molecule has 0 radical (unpaired) electrons. The van der Waals surface area contributed by atoms with Gasteiger partial charge in [0.2, 0.25) is 0 Å². The Morgan fingerprint density at radius 1 is 1.33 bits per heavy atom. The largest absolute Gasteiger partial charge is 0.411 e. The van der Waals surface area contributed by atoms with Crippen LogP contribution in [0.2, 0.25) is 0 Å². The average Bonchev–Trinajstić information content (AvgIpc) is 2.78. The first kappa shape index (κ1) is 9.45. The number of hydrogen-bond acceptors (Lipinski definition) is 3. The second kappa shape index (κ2) is 3.96. The molecule has 0 fully saturated rings. The van der Waals surface area contributed by atoms with Crippen molar-refractivity contribution in [1.82, 2.24) is 9.78 Å². The Hall–Kier alpha value is -2.10. The first-order chi connectivity index (χ1) is 7.31. The standard InChI is InChI=1S/C11H11N3O/c1-9(13-15)10-7-12-14(8-10)11-5-3-2-4-6-11/h2-8,15H,1H3/b13-9-. The summed E-state index contributed by atoms with van der Waals surface area (Å²) in [7, 11) is 0. The molecule has 0 aliphatic rings. The van der Waals surface area contributed by atoms with Crippen LogP contribution >= 0.6 is 0 Å². The van der Waals surface area contributed by atoms with E-state index in [0.717, 1.165) is 11.3 Å². The van der Waals surface area contributed by atoms with E-state index in [2.05, 4.69) is 10.3 Å². The molecule has 0 bridgehead atoms. The zero-order chi connectivity index (χ0) is 10.7. The van der Waals surface area contributed by atoms with Gasteiger partial charge < -0.3 is 5.21 Å². The van der Waals surface area contributed by atoms with Crippen LogP contribution in [0.15, 0.2) is 47.9 Å². The number of aromatic nitrogens is 2. The van der Waals surface area contributed by atoms with Crippen molar-refractivity contribution in [1.29, 1.82) is 0 Å². The molecule has 1 N–H and O–H groups in total. The maximum Gasteiger partial charge on any atom is 0.0868 e.